The van der Waals surface area contributed by atoms with Crippen molar-refractivity contribution >= 4 is 40.4 Å². The van der Waals surface area contributed by atoms with Gasteiger partial charge in [0, 0.05) is 32.3 Å². The molecule has 0 spiro atoms. The van der Waals surface area contributed by atoms with Crippen LogP contribution >= 0.6 is 23.8 Å². The average Bonchev–Trinajstić information content (AvgIpc) is 3.05. The Morgan fingerprint density at radius 3 is 2.61 bits per heavy atom. The monoisotopic (exact) mass is 434 g/mol. The zero-order chi connectivity index (χ0) is 20.8. The number of carbonyl (C=O) groups is 1. The lowest BCUT2D eigenvalue weighted by Crippen LogP contribution is -2.32. The molecule has 2 aromatic rings. The van der Waals surface area contributed by atoms with E-state index in [2.05, 4.69) is 10.4 Å². The molecule has 0 bridgehead atoms. The molecule has 0 radical (unpaired) electrons. The molecule has 0 unspecified atom stereocenters. The van der Waals surface area contributed by atoms with Gasteiger partial charge in [0.2, 0.25) is 5.91 Å². The van der Waals surface area contributed by atoms with Crippen LogP contribution in [-0.4, -0.2) is 39.2 Å². The van der Waals surface area contributed by atoms with Crippen molar-refractivity contribution in [2.75, 3.05) is 18.9 Å². The van der Waals surface area contributed by atoms with Crippen LogP contribution in [0.2, 0.25) is 5.15 Å². The van der Waals surface area contributed by atoms with Gasteiger partial charge in [0.05, 0.1) is 16.6 Å². The molecule has 1 aromatic carbocycles. The van der Waals surface area contributed by atoms with Crippen molar-refractivity contribution < 1.29 is 22.4 Å². The highest BCUT2D eigenvalue weighted by Gasteiger charge is 2.44. The van der Waals surface area contributed by atoms with Gasteiger partial charge in [-0.05, 0) is 18.2 Å². The number of aryl methyl sites for hydroxylation is 1. The molecule has 1 N–H and O–H groups in total. The number of aromatic nitrogens is 2. The summed E-state index contributed by atoms with van der Waals surface area (Å²) in [6, 6.07) is 4.36. The molecule has 5 nitrogen and oxygen atoms in total. The predicted octanol–water partition coefficient (Wildman–Crippen LogP) is 3.84. The van der Waals surface area contributed by atoms with Crippen LogP contribution in [0.3, 0.4) is 0 Å². The first-order valence-electron chi connectivity index (χ1n) is 8.11. The minimum atomic E-state index is -4.96. The number of benzene rings is 1. The number of halogens is 5. The van der Waals surface area contributed by atoms with Crippen molar-refractivity contribution in [1.29, 1.82) is 0 Å². The smallest absolute Gasteiger partial charge is 0.368 e. The van der Waals surface area contributed by atoms with Gasteiger partial charge in [-0.3, -0.25) is 9.48 Å². The number of nitrogens with zero attached hydrogens (tertiary/aromatic N) is 3. The quantitative estimate of drug-likeness (QED) is 0.589. The highest BCUT2D eigenvalue weighted by atomic mass is 35.5. The third-order valence-electron chi connectivity index (χ3n) is 4.62. The Balaban J connectivity index is 1.96. The lowest BCUT2D eigenvalue weighted by Gasteiger charge is -2.20. The molecule has 11 heteroatoms. The number of thiocarbonyl (C=S) groups is 1. The molecule has 1 aliphatic rings. The Bertz CT molecular complexity index is 946. The summed E-state index contributed by atoms with van der Waals surface area (Å²) in [7, 11) is 3.33. The minimum absolute atomic E-state index is 0.224. The zero-order valence-electron chi connectivity index (χ0n) is 14.7. The van der Waals surface area contributed by atoms with Gasteiger partial charge >= 0.3 is 6.18 Å². The molecule has 28 heavy (non-hydrogen) atoms. The van der Waals surface area contributed by atoms with Crippen LogP contribution < -0.4 is 5.32 Å². The van der Waals surface area contributed by atoms with Crippen LogP contribution in [-0.2, 0) is 18.0 Å². The molecule has 1 fully saturated rings. The van der Waals surface area contributed by atoms with E-state index in [1.54, 1.807) is 25.1 Å². The SMILES string of the molecule is CN1C[C@H](c2cc(Cl)nn2C)[C@@H](C(=O)Nc2cccc(F)c2C(F)(F)F)C1=S. The predicted molar refractivity (Wildman–Crippen MR) is 99.7 cm³/mol. The fourth-order valence-electron chi connectivity index (χ4n) is 3.38. The largest absolute Gasteiger partial charge is 0.421 e. The average molecular weight is 435 g/mol. The summed E-state index contributed by atoms with van der Waals surface area (Å²) >= 11 is 11.2. The van der Waals surface area contributed by atoms with Gasteiger partial charge < -0.3 is 10.2 Å². The number of nitrogens with one attached hydrogen (secondary N) is 1. The van der Waals surface area contributed by atoms with E-state index in [9.17, 15) is 22.4 Å². The molecule has 1 aromatic heterocycles. The topological polar surface area (TPSA) is 50.2 Å². The maximum absolute atomic E-state index is 13.8. The van der Waals surface area contributed by atoms with Crippen LogP contribution in [0.15, 0.2) is 24.3 Å². The summed E-state index contributed by atoms with van der Waals surface area (Å²) in [5.41, 5.74) is -1.57. The standard InChI is InChI=1S/C17H15ClF4N4OS/c1-25-7-8(11-6-12(18)24-26(11)2)13(16(25)28)15(27)23-10-5-3-4-9(19)14(10)17(20,21)22/h3-6,8,13H,7H2,1-2H3,(H,23,27)/t8-,13+/m1/s1. The number of rotatable bonds is 3. The van der Waals surface area contributed by atoms with Gasteiger partial charge in [0.1, 0.15) is 11.4 Å². The number of likely N-dealkylation sites (N-methyl/N-ethyl adjacent to an activating group) is 1. The number of hydrogen-bond donors (Lipinski definition) is 1. The van der Waals surface area contributed by atoms with Crippen molar-refractivity contribution in [1.82, 2.24) is 14.7 Å². The second-order valence-electron chi connectivity index (χ2n) is 6.47. The normalized spacial score (nSPS) is 20.0. The molecular formula is C17H15ClF4N4OS. The van der Waals surface area contributed by atoms with Gasteiger partial charge in [-0.1, -0.05) is 29.9 Å². The molecule has 3 rings (SSSR count). The number of carbonyl (C=O) groups excluding carboxylic acids is 1. The van der Waals surface area contributed by atoms with Crippen molar-refractivity contribution in [2.45, 2.75) is 12.1 Å². The number of anilines is 1. The molecule has 150 valence electrons. The second-order valence-corrected chi connectivity index (χ2v) is 7.27. The second kappa shape index (κ2) is 7.32. The highest BCUT2D eigenvalue weighted by Crippen LogP contribution is 2.39. The lowest BCUT2D eigenvalue weighted by molar-refractivity contribution is -0.139. The van der Waals surface area contributed by atoms with E-state index < -0.39 is 41.0 Å². The molecule has 2 atom stereocenters. The number of likely N-dealkylation sites (tertiary alicyclic amines) is 1. The van der Waals surface area contributed by atoms with Crippen LogP contribution in [0.4, 0.5) is 23.2 Å². The van der Waals surface area contributed by atoms with E-state index in [0.29, 0.717) is 18.3 Å². The van der Waals surface area contributed by atoms with Crippen molar-refractivity contribution in [3.63, 3.8) is 0 Å². The van der Waals surface area contributed by atoms with Gasteiger partial charge in [-0.15, -0.1) is 0 Å². The third kappa shape index (κ3) is 3.70. The Hall–Kier alpha value is -2.20. The molecule has 1 saturated heterocycles. The van der Waals surface area contributed by atoms with Gasteiger partial charge in [0.15, 0.2) is 5.15 Å². The summed E-state index contributed by atoms with van der Waals surface area (Å²) in [4.78, 5) is 14.8. The van der Waals surface area contributed by atoms with E-state index in [1.165, 1.54) is 4.68 Å². The number of alkyl halides is 3. The molecular weight excluding hydrogens is 420 g/mol. The Labute approximate surface area is 168 Å². The number of amides is 1. The van der Waals surface area contributed by atoms with E-state index in [1.807, 2.05) is 0 Å². The van der Waals surface area contributed by atoms with Gasteiger partial charge in [-0.25, -0.2) is 4.39 Å². The summed E-state index contributed by atoms with van der Waals surface area (Å²) in [5, 5.41) is 6.46. The first-order chi connectivity index (χ1) is 13.0. The maximum Gasteiger partial charge on any atom is 0.421 e. The Kier molecular flexibility index (Phi) is 5.37. The third-order valence-corrected chi connectivity index (χ3v) is 5.37. The molecule has 1 aliphatic heterocycles. The van der Waals surface area contributed by atoms with Crippen LogP contribution in [0.5, 0.6) is 0 Å². The highest BCUT2D eigenvalue weighted by molar-refractivity contribution is 7.80. The fraction of sp³-hybridized carbons (Fsp3) is 0.353. The molecule has 0 aliphatic carbocycles. The maximum atomic E-state index is 13.8. The Morgan fingerprint density at radius 1 is 1.36 bits per heavy atom. The molecule has 0 saturated carbocycles. The van der Waals surface area contributed by atoms with Crippen LogP contribution in [0.1, 0.15) is 17.2 Å². The number of hydrogen-bond acceptors (Lipinski definition) is 3. The van der Waals surface area contributed by atoms with Crippen LogP contribution in [0.25, 0.3) is 0 Å². The minimum Gasteiger partial charge on any atom is -0.368 e. The molecule has 2 heterocycles. The first kappa shape index (κ1) is 20.5. The zero-order valence-corrected chi connectivity index (χ0v) is 16.3. The lowest BCUT2D eigenvalue weighted by atomic mass is 9.91. The fourth-order valence-corrected chi connectivity index (χ4v) is 3.95. The summed E-state index contributed by atoms with van der Waals surface area (Å²) in [5.74, 6) is -3.62. The van der Waals surface area contributed by atoms with E-state index in [0.717, 1.165) is 12.1 Å². The van der Waals surface area contributed by atoms with Crippen molar-refractivity contribution in [2.24, 2.45) is 13.0 Å². The van der Waals surface area contributed by atoms with Gasteiger partial charge in [0.25, 0.3) is 0 Å². The first-order valence-corrected chi connectivity index (χ1v) is 8.90. The van der Waals surface area contributed by atoms with Crippen molar-refractivity contribution in [3.8, 4) is 0 Å². The van der Waals surface area contributed by atoms with E-state index >= 15 is 0 Å². The van der Waals surface area contributed by atoms with Crippen molar-refractivity contribution in [3.05, 3.63) is 46.5 Å². The Morgan fingerprint density at radius 2 is 2.04 bits per heavy atom. The van der Waals surface area contributed by atoms with Gasteiger partial charge in [-0.2, -0.15) is 18.3 Å². The van der Waals surface area contributed by atoms with E-state index in [-0.39, 0.29) is 10.1 Å². The van der Waals surface area contributed by atoms with Crippen LogP contribution in [0, 0.1) is 11.7 Å². The molecule has 1 amide bonds. The van der Waals surface area contributed by atoms with E-state index in [4.69, 9.17) is 23.8 Å². The summed E-state index contributed by atoms with van der Waals surface area (Å²) < 4.78 is 54.9. The summed E-state index contributed by atoms with van der Waals surface area (Å²) in [6.07, 6.45) is -4.96. The summed E-state index contributed by atoms with van der Waals surface area (Å²) in [6.45, 7) is 0.363.